The summed E-state index contributed by atoms with van der Waals surface area (Å²) < 4.78 is 4.91. The summed E-state index contributed by atoms with van der Waals surface area (Å²) >= 11 is 1.85. The number of nitrogens with zero attached hydrogens (tertiary/aromatic N) is 2. The average molecular weight is 170 g/mol. The third-order valence-electron chi connectivity index (χ3n) is 1.02. The third kappa shape index (κ3) is 4.75. The molecule has 2 rings (SSSR count). The molecule has 1 fully saturated rings. The topological polar surface area (TPSA) is 35.0 Å². The van der Waals surface area contributed by atoms with Crippen LogP contribution in [-0.4, -0.2) is 28.3 Å². The fourth-order valence-corrected chi connectivity index (χ4v) is 1.14. The van der Waals surface area contributed by atoms with Crippen LogP contribution in [-0.2, 0) is 4.74 Å². The monoisotopic (exact) mass is 170 g/mol. The van der Waals surface area contributed by atoms with Gasteiger partial charge in [0.1, 0.15) is 6.33 Å². The average Bonchev–Trinajstić information content (AvgIpc) is 2.64. The van der Waals surface area contributed by atoms with Crippen LogP contribution >= 0.6 is 11.8 Å². The molecule has 0 saturated carbocycles. The van der Waals surface area contributed by atoms with Crippen molar-refractivity contribution in [2.75, 3.05) is 18.3 Å². The summed E-state index contributed by atoms with van der Waals surface area (Å²) in [6, 6.07) is 1.78. The highest BCUT2D eigenvalue weighted by atomic mass is 32.2. The van der Waals surface area contributed by atoms with Gasteiger partial charge in [-0.25, -0.2) is 9.97 Å². The van der Waals surface area contributed by atoms with E-state index in [1.54, 1.807) is 18.5 Å². The van der Waals surface area contributed by atoms with Gasteiger partial charge >= 0.3 is 0 Å². The van der Waals surface area contributed by atoms with Crippen LogP contribution < -0.4 is 0 Å². The molecule has 1 aliphatic heterocycles. The van der Waals surface area contributed by atoms with Gasteiger partial charge in [0, 0.05) is 18.1 Å². The van der Waals surface area contributed by atoms with Gasteiger partial charge in [-0.2, -0.15) is 0 Å². The lowest BCUT2D eigenvalue weighted by Crippen LogP contribution is -1.77. The Morgan fingerprint density at radius 1 is 1.27 bits per heavy atom. The molecule has 60 valence electrons. The van der Waals surface area contributed by atoms with E-state index in [4.69, 9.17) is 4.74 Å². The Labute approximate surface area is 70.2 Å². The van der Waals surface area contributed by atoms with E-state index in [0.29, 0.717) is 0 Å². The summed E-state index contributed by atoms with van der Waals surface area (Å²) in [7, 11) is 0. The quantitative estimate of drug-likeness (QED) is 0.585. The molecule has 3 nitrogen and oxygen atoms in total. The maximum Gasteiger partial charge on any atom is 0.115 e. The molecule has 0 spiro atoms. The Morgan fingerprint density at radius 3 is 2.27 bits per heavy atom. The molecule has 2 heterocycles. The fourth-order valence-electron chi connectivity index (χ4n) is 0.548. The summed E-state index contributed by atoms with van der Waals surface area (Å²) in [6.45, 7) is 0.963. The standard InChI is InChI=1S/C4H4N2.C3H6OS/c1-2-5-4-6-3-1;1-2-5-3-4-1/h1-4H;1-3H2. The van der Waals surface area contributed by atoms with Crippen LogP contribution in [0.1, 0.15) is 0 Å². The van der Waals surface area contributed by atoms with E-state index in [9.17, 15) is 0 Å². The van der Waals surface area contributed by atoms with E-state index in [1.165, 1.54) is 12.1 Å². The van der Waals surface area contributed by atoms with Crippen molar-refractivity contribution in [3.05, 3.63) is 24.8 Å². The van der Waals surface area contributed by atoms with Gasteiger partial charge in [-0.05, 0) is 6.07 Å². The van der Waals surface area contributed by atoms with Crippen LogP contribution in [0, 0.1) is 0 Å². The van der Waals surface area contributed by atoms with E-state index in [-0.39, 0.29) is 0 Å². The molecule has 0 unspecified atom stereocenters. The third-order valence-corrected chi connectivity index (χ3v) is 1.80. The zero-order valence-corrected chi connectivity index (χ0v) is 6.96. The van der Waals surface area contributed by atoms with Crippen molar-refractivity contribution in [1.29, 1.82) is 0 Å². The Kier molecular flexibility index (Phi) is 4.72. The molecule has 0 aromatic carbocycles. The summed E-state index contributed by atoms with van der Waals surface area (Å²) in [5, 5.41) is 0. The van der Waals surface area contributed by atoms with Crippen molar-refractivity contribution in [1.82, 2.24) is 9.97 Å². The molecule has 1 aromatic heterocycles. The maximum absolute atomic E-state index is 4.91. The normalized spacial score (nSPS) is 15.3. The molecule has 1 aliphatic rings. The molecule has 0 N–H and O–H groups in total. The lowest BCUT2D eigenvalue weighted by atomic mass is 10.7. The molecule has 11 heavy (non-hydrogen) atoms. The highest BCUT2D eigenvalue weighted by Crippen LogP contribution is 2.06. The first-order chi connectivity index (χ1) is 5.50. The Morgan fingerprint density at radius 2 is 2.09 bits per heavy atom. The van der Waals surface area contributed by atoms with Crippen molar-refractivity contribution in [3.63, 3.8) is 0 Å². The summed E-state index contributed by atoms with van der Waals surface area (Å²) in [5.41, 5.74) is 0. The maximum atomic E-state index is 4.91. The first kappa shape index (κ1) is 8.49. The summed E-state index contributed by atoms with van der Waals surface area (Å²) in [5.74, 6) is 2.11. The minimum absolute atomic E-state index is 0.917. The van der Waals surface area contributed by atoms with E-state index in [0.717, 1.165) is 12.5 Å². The van der Waals surface area contributed by atoms with Crippen LogP contribution in [0.4, 0.5) is 0 Å². The zero-order valence-electron chi connectivity index (χ0n) is 6.14. The highest BCUT2D eigenvalue weighted by Gasteiger charge is 1.94. The first-order valence-electron chi connectivity index (χ1n) is 3.35. The smallest absolute Gasteiger partial charge is 0.115 e. The molecule has 0 amide bonds. The molecule has 0 radical (unpaired) electrons. The van der Waals surface area contributed by atoms with Gasteiger partial charge < -0.3 is 4.74 Å². The minimum atomic E-state index is 0.917. The molecule has 0 atom stereocenters. The number of thioether (sulfide) groups is 1. The van der Waals surface area contributed by atoms with Gasteiger partial charge in [-0.3, -0.25) is 0 Å². The lowest BCUT2D eigenvalue weighted by molar-refractivity contribution is 0.217. The van der Waals surface area contributed by atoms with Crippen LogP contribution in [0.2, 0.25) is 0 Å². The lowest BCUT2D eigenvalue weighted by Gasteiger charge is -1.75. The Bertz CT molecular complexity index is 133. The van der Waals surface area contributed by atoms with Crippen molar-refractivity contribution < 1.29 is 4.74 Å². The Hall–Kier alpha value is -0.610. The first-order valence-corrected chi connectivity index (χ1v) is 4.51. The molecule has 0 aliphatic carbocycles. The predicted molar refractivity (Wildman–Crippen MR) is 45.3 cm³/mol. The van der Waals surface area contributed by atoms with Crippen molar-refractivity contribution in [3.8, 4) is 0 Å². The second-order valence-corrected chi connectivity index (χ2v) is 2.89. The van der Waals surface area contributed by atoms with Gasteiger partial charge in [-0.1, -0.05) is 0 Å². The molecule has 4 heteroatoms. The molecule has 1 saturated heterocycles. The van der Waals surface area contributed by atoms with Crippen molar-refractivity contribution in [2.24, 2.45) is 0 Å². The van der Waals surface area contributed by atoms with Gasteiger partial charge in [0.15, 0.2) is 0 Å². The van der Waals surface area contributed by atoms with Crippen molar-refractivity contribution >= 4 is 11.8 Å². The molecule has 0 bridgehead atoms. The van der Waals surface area contributed by atoms with E-state index in [2.05, 4.69) is 9.97 Å². The molecule has 1 aromatic rings. The molecular formula is C7H10N2OS. The predicted octanol–water partition coefficient (Wildman–Crippen LogP) is 1.18. The van der Waals surface area contributed by atoms with Gasteiger partial charge in [0.25, 0.3) is 0 Å². The number of rotatable bonds is 0. The van der Waals surface area contributed by atoms with Gasteiger partial charge in [-0.15, -0.1) is 11.8 Å². The van der Waals surface area contributed by atoms with E-state index in [1.807, 2.05) is 11.8 Å². The number of hydrogen-bond acceptors (Lipinski definition) is 4. The van der Waals surface area contributed by atoms with Crippen LogP contribution in [0.3, 0.4) is 0 Å². The van der Waals surface area contributed by atoms with E-state index < -0.39 is 0 Å². The Balaban J connectivity index is 0.000000112. The molecular weight excluding hydrogens is 160 g/mol. The number of hydrogen-bond donors (Lipinski definition) is 0. The largest absolute Gasteiger partial charge is 0.370 e. The SMILES string of the molecule is C1CSCO1.c1cncnc1. The van der Waals surface area contributed by atoms with Crippen molar-refractivity contribution in [2.45, 2.75) is 0 Å². The summed E-state index contributed by atoms with van der Waals surface area (Å²) in [4.78, 5) is 7.35. The van der Waals surface area contributed by atoms with Crippen LogP contribution in [0.25, 0.3) is 0 Å². The second-order valence-electron chi connectivity index (χ2n) is 1.84. The zero-order chi connectivity index (χ0) is 7.78. The van der Waals surface area contributed by atoms with Crippen LogP contribution in [0.15, 0.2) is 24.8 Å². The fraction of sp³-hybridized carbons (Fsp3) is 0.429. The van der Waals surface area contributed by atoms with Gasteiger partial charge in [0.05, 0.1) is 12.5 Å². The van der Waals surface area contributed by atoms with E-state index >= 15 is 0 Å². The number of aromatic nitrogens is 2. The second kappa shape index (κ2) is 6.12. The van der Waals surface area contributed by atoms with Gasteiger partial charge in [0.2, 0.25) is 0 Å². The van der Waals surface area contributed by atoms with Crippen LogP contribution in [0.5, 0.6) is 0 Å². The highest BCUT2D eigenvalue weighted by molar-refractivity contribution is 7.99. The number of ether oxygens (including phenoxy) is 1. The summed E-state index contributed by atoms with van der Waals surface area (Å²) in [6.07, 6.45) is 4.88. The minimum Gasteiger partial charge on any atom is -0.370 e.